The van der Waals surface area contributed by atoms with Crippen molar-refractivity contribution in [2.75, 3.05) is 11.9 Å². The molecule has 0 bridgehead atoms. The van der Waals surface area contributed by atoms with Crippen LogP contribution in [0, 0.1) is 13.8 Å². The number of anilines is 1. The first-order valence-electron chi connectivity index (χ1n) is 5.41. The Morgan fingerprint density at radius 1 is 1.24 bits per heavy atom. The number of urea groups is 1. The van der Waals surface area contributed by atoms with Gasteiger partial charge in [-0.3, -0.25) is 4.79 Å². The Hall–Kier alpha value is -2.04. The Labute approximate surface area is 100 Å². The lowest BCUT2D eigenvalue weighted by Gasteiger charge is -2.11. The van der Waals surface area contributed by atoms with Crippen molar-refractivity contribution in [3.8, 4) is 0 Å². The SMILES string of the molecule is CCNC(=O)Nc1cc(C)c(C(N)=O)c(C)c1. The van der Waals surface area contributed by atoms with E-state index >= 15 is 0 Å². The Bertz CT molecular complexity index is 432. The van der Waals surface area contributed by atoms with E-state index in [0.717, 1.165) is 11.1 Å². The summed E-state index contributed by atoms with van der Waals surface area (Å²) < 4.78 is 0. The van der Waals surface area contributed by atoms with Gasteiger partial charge in [0.2, 0.25) is 5.91 Å². The van der Waals surface area contributed by atoms with E-state index in [0.29, 0.717) is 17.8 Å². The average molecular weight is 235 g/mol. The molecule has 0 saturated carbocycles. The van der Waals surface area contributed by atoms with Gasteiger partial charge in [-0.15, -0.1) is 0 Å². The van der Waals surface area contributed by atoms with Gasteiger partial charge in [0.25, 0.3) is 0 Å². The molecule has 0 spiro atoms. The van der Waals surface area contributed by atoms with Gasteiger partial charge in [-0.1, -0.05) is 0 Å². The minimum Gasteiger partial charge on any atom is -0.366 e. The molecule has 0 radical (unpaired) electrons. The summed E-state index contributed by atoms with van der Waals surface area (Å²) >= 11 is 0. The van der Waals surface area contributed by atoms with Crippen LogP contribution in [-0.4, -0.2) is 18.5 Å². The molecule has 1 rings (SSSR count). The summed E-state index contributed by atoms with van der Waals surface area (Å²) in [5.74, 6) is -0.454. The van der Waals surface area contributed by atoms with Gasteiger partial charge in [0.1, 0.15) is 0 Å². The van der Waals surface area contributed by atoms with Crippen LogP contribution in [-0.2, 0) is 0 Å². The van der Waals surface area contributed by atoms with Crippen LogP contribution in [0.3, 0.4) is 0 Å². The third-order valence-electron chi connectivity index (χ3n) is 2.37. The Kier molecular flexibility index (Phi) is 4.09. The number of amides is 3. The quantitative estimate of drug-likeness (QED) is 0.742. The lowest BCUT2D eigenvalue weighted by Crippen LogP contribution is -2.28. The number of nitrogens with two attached hydrogens (primary N) is 1. The number of hydrogen-bond acceptors (Lipinski definition) is 2. The second kappa shape index (κ2) is 5.34. The van der Waals surface area contributed by atoms with E-state index in [1.807, 2.05) is 6.92 Å². The van der Waals surface area contributed by atoms with Crippen molar-refractivity contribution in [2.45, 2.75) is 20.8 Å². The minimum atomic E-state index is -0.454. The average Bonchev–Trinajstić information content (AvgIpc) is 2.15. The van der Waals surface area contributed by atoms with Crippen molar-refractivity contribution >= 4 is 17.6 Å². The molecule has 1 aromatic rings. The van der Waals surface area contributed by atoms with E-state index in [1.54, 1.807) is 26.0 Å². The van der Waals surface area contributed by atoms with Crippen LogP contribution in [0.1, 0.15) is 28.4 Å². The molecular formula is C12H17N3O2. The highest BCUT2D eigenvalue weighted by molar-refractivity contribution is 5.97. The summed E-state index contributed by atoms with van der Waals surface area (Å²) in [6.45, 7) is 5.97. The summed E-state index contributed by atoms with van der Waals surface area (Å²) in [5.41, 5.74) is 7.94. The molecule has 1 aromatic carbocycles. The topological polar surface area (TPSA) is 84.2 Å². The second-order valence-electron chi connectivity index (χ2n) is 3.83. The standard InChI is InChI=1S/C12H17N3O2/c1-4-14-12(17)15-9-5-7(2)10(11(13)16)8(3)6-9/h5-6H,4H2,1-3H3,(H2,13,16)(H2,14,15,17). The van der Waals surface area contributed by atoms with Gasteiger partial charge < -0.3 is 16.4 Å². The fraction of sp³-hybridized carbons (Fsp3) is 0.333. The molecule has 3 amide bonds. The highest BCUT2D eigenvalue weighted by atomic mass is 16.2. The van der Waals surface area contributed by atoms with Gasteiger partial charge in [0.15, 0.2) is 0 Å². The summed E-state index contributed by atoms with van der Waals surface area (Å²) in [6, 6.07) is 3.18. The molecule has 92 valence electrons. The van der Waals surface area contributed by atoms with Crippen molar-refractivity contribution in [3.05, 3.63) is 28.8 Å². The monoisotopic (exact) mass is 235 g/mol. The molecule has 5 nitrogen and oxygen atoms in total. The molecule has 4 N–H and O–H groups in total. The molecule has 5 heteroatoms. The number of benzene rings is 1. The number of primary amides is 1. The molecule has 0 heterocycles. The smallest absolute Gasteiger partial charge is 0.319 e. The van der Waals surface area contributed by atoms with Gasteiger partial charge in [-0.25, -0.2) is 4.79 Å². The van der Waals surface area contributed by atoms with Crippen LogP contribution in [0.4, 0.5) is 10.5 Å². The van der Waals surface area contributed by atoms with E-state index in [1.165, 1.54) is 0 Å². The van der Waals surface area contributed by atoms with Crippen LogP contribution in [0.2, 0.25) is 0 Å². The van der Waals surface area contributed by atoms with E-state index in [9.17, 15) is 9.59 Å². The number of hydrogen-bond donors (Lipinski definition) is 3. The molecule has 0 aliphatic heterocycles. The Morgan fingerprint density at radius 2 is 1.76 bits per heavy atom. The normalized spacial score (nSPS) is 9.82. The molecule has 0 aromatic heterocycles. The molecule has 0 fully saturated rings. The van der Waals surface area contributed by atoms with Crippen molar-refractivity contribution < 1.29 is 9.59 Å². The van der Waals surface area contributed by atoms with Crippen molar-refractivity contribution in [3.63, 3.8) is 0 Å². The van der Waals surface area contributed by atoms with Crippen LogP contribution in [0.25, 0.3) is 0 Å². The number of rotatable bonds is 3. The fourth-order valence-corrected chi connectivity index (χ4v) is 1.76. The zero-order valence-electron chi connectivity index (χ0n) is 10.3. The first-order valence-corrected chi connectivity index (χ1v) is 5.41. The van der Waals surface area contributed by atoms with Crippen molar-refractivity contribution in [2.24, 2.45) is 5.73 Å². The molecular weight excluding hydrogens is 218 g/mol. The van der Waals surface area contributed by atoms with Gasteiger partial charge in [0.05, 0.1) is 0 Å². The summed E-state index contributed by atoms with van der Waals surface area (Å²) in [5, 5.41) is 5.32. The number of carbonyl (C=O) groups excluding carboxylic acids is 2. The maximum absolute atomic E-state index is 11.3. The van der Waals surface area contributed by atoms with Crippen LogP contribution >= 0.6 is 0 Å². The zero-order chi connectivity index (χ0) is 13.0. The fourth-order valence-electron chi connectivity index (χ4n) is 1.76. The lowest BCUT2D eigenvalue weighted by molar-refractivity contribution is 0.0999. The largest absolute Gasteiger partial charge is 0.366 e. The Morgan fingerprint density at radius 3 is 2.18 bits per heavy atom. The van der Waals surface area contributed by atoms with Crippen molar-refractivity contribution in [1.82, 2.24) is 5.32 Å². The first kappa shape index (κ1) is 13.0. The first-order chi connectivity index (χ1) is 7.95. The van der Waals surface area contributed by atoms with Crippen LogP contribution in [0.15, 0.2) is 12.1 Å². The van der Waals surface area contributed by atoms with Gasteiger partial charge in [-0.05, 0) is 44.0 Å². The van der Waals surface area contributed by atoms with E-state index < -0.39 is 5.91 Å². The highest BCUT2D eigenvalue weighted by Gasteiger charge is 2.11. The maximum atomic E-state index is 11.3. The Balaban J connectivity index is 2.98. The highest BCUT2D eigenvalue weighted by Crippen LogP contribution is 2.19. The second-order valence-corrected chi connectivity index (χ2v) is 3.83. The predicted molar refractivity (Wildman–Crippen MR) is 67.1 cm³/mol. The van der Waals surface area contributed by atoms with Crippen molar-refractivity contribution in [1.29, 1.82) is 0 Å². The third-order valence-corrected chi connectivity index (χ3v) is 2.37. The zero-order valence-corrected chi connectivity index (χ0v) is 10.3. The molecule has 0 aliphatic rings. The summed E-state index contributed by atoms with van der Waals surface area (Å²) in [7, 11) is 0. The maximum Gasteiger partial charge on any atom is 0.319 e. The van der Waals surface area contributed by atoms with Gasteiger partial charge >= 0.3 is 6.03 Å². The molecule has 0 aliphatic carbocycles. The number of aryl methyl sites for hydroxylation is 2. The van der Waals surface area contributed by atoms with Crippen LogP contribution in [0.5, 0.6) is 0 Å². The molecule has 0 atom stereocenters. The van der Waals surface area contributed by atoms with Crippen LogP contribution < -0.4 is 16.4 Å². The van der Waals surface area contributed by atoms with E-state index in [-0.39, 0.29) is 6.03 Å². The third kappa shape index (κ3) is 3.21. The van der Waals surface area contributed by atoms with Gasteiger partial charge in [0, 0.05) is 17.8 Å². The lowest BCUT2D eigenvalue weighted by atomic mass is 10.0. The van der Waals surface area contributed by atoms with E-state index in [4.69, 9.17) is 5.73 Å². The van der Waals surface area contributed by atoms with E-state index in [2.05, 4.69) is 10.6 Å². The number of nitrogens with one attached hydrogen (secondary N) is 2. The predicted octanol–water partition coefficient (Wildman–Crippen LogP) is 1.54. The summed E-state index contributed by atoms with van der Waals surface area (Å²) in [6.07, 6.45) is 0. The number of carbonyl (C=O) groups is 2. The minimum absolute atomic E-state index is 0.266. The van der Waals surface area contributed by atoms with Gasteiger partial charge in [-0.2, -0.15) is 0 Å². The summed E-state index contributed by atoms with van der Waals surface area (Å²) in [4.78, 5) is 22.5. The molecule has 0 unspecified atom stereocenters. The molecule has 17 heavy (non-hydrogen) atoms. The molecule has 0 saturated heterocycles.